The van der Waals surface area contributed by atoms with E-state index in [1.165, 1.54) is 0 Å². The van der Waals surface area contributed by atoms with Crippen LogP contribution in [-0.4, -0.2) is 86.4 Å². The maximum atomic E-state index is 12.8. The van der Waals surface area contributed by atoms with Crippen LogP contribution in [0.4, 0.5) is 0 Å². The zero-order chi connectivity index (χ0) is 19.6. The fourth-order valence-corrected chi connectivity index (χ4v) is 3.99. The summed E-state index contributed by atoms with van der Waals surface area (Å²) in [5, 5.41) is 8.92. The second-order valence-corrected chi connectivity index (χ2v) is 8.60. The van der Waals surface area contributed by atoms with Gasteiger partial charge in [-0.2, -0.15) is 4.31 Å². The van der Waals surface area contributed by atoms with Gasteiger partial charge in [-0.1, -0.05) is 0 Å². The first-order valence-corrected chi connectivity index (χ1v) is 10.4. The molecule has 1 aromatic rings. The van der Waals surface area contributed by atoms with Gasteiger partial charge in [-0.15, -0.1) is 0 Å². The van der Waals surface area contributed by atoms with Crippen LogP contribution in [0.3, 0.4) is 0 Å². The molecule has 0 aromatic heterocycles. The number of carboxylic acids is 1. The number of fused-ring (bicyclic) bond motifs is 1. The molecule has 1 N–H and O–H groups in total. The molecule has 1 unspecified atom stereocenters. The van der Waals surface area contributed by atoms with E-state index in [1.54, 1.807) is 17.0 Å². The number of aliphatic carboxylic acids is 1. The van der Waals surface area contributed by atoms with Gasteiger partial charge in [0.2, 0.25) is 10.0 Å². The molecule has 9 nitrogen and oxygen atoms in total. The molecule has 1 aromatic carbocycles. The molecule has 0 radical (unpaired) electrons. The summed E-state index contributed by atoms with van der Waals surface area (Å²) in [4.78, 5) is 25.3. The highest BCUT2D eigenvalue weighted by Crippen LogP contribution is 2.26. The number of amides is 1. The van der Waals surface area contributed by atoms with Crippen molar-refractivity contribution < 1.29 is 32.6 Å². The lowest BCUT2D eigenvalue weighted by molar-refractivity contribution is -0.137. The normalized spacial score (nSPS) is 19.6. The molecular formula is C17H22N2O7S. The molecule has 2 aliphatic rings. The SMILES string of the molecule is CS(=O)(=O)N(CC(=O)O)CC1CN(C(=O)c2ccc3c(c2)CCO3)CCO1. The number of hydrogen-bond donors (Lipinski definition) is 1. The lowest BCUT2D eigenvalue weighted by Gasteiger charge is -2.35. The first kappa shape index (κ1) is 19.6. The molecule has 0 bridgehead atoms. The first-order valence-electron chi connectivity index (χ1n) is 8.57. The fraction of sp³-hybridized carbons (Fsp3) is 0.529. The number of rotatable bonds is 6. The number of sulfonamides is 1. The summed E-state index contributed by atoms with van der Waals surface area (Å²) in [6, 6.07) is 5.32. The van der Waals surface area contributed by atoms with Crippen molar-refractivity contribution in [2.75, 3.05) is 45.6 Å². The number of benzene rings is 1. The van der Waals surface area contributed by atoms with Gasteiger partial charge in [0, 0.05) is 31.6 Å². The minimum Gasteiger partial charge on any atom is -0.493 e. The Hall–Kier alpha value is -2.17. The average Bonchev–Trinajstić information content (AvgIpc) is 3.07. The highest BCUT2D eigenvalue weighted by atomic mass is 32.2. The second kappa shape index (κ2) is 7.83. The molecule has 10 heteroatoms. The van der Waals surface area contributed by atoms with Gasteiger partial charge in [-0.25, -0.2) is 8.42 Å². The topological polar surface area (TPSA) is 113 Å². The number of morpholine rings is 1. The van der Waals surface area contributed by atoms with Gasteiger partial charge in [-0.3, -0.25) is 9.59 Å². The third kappa shape index (κ3) is 4.76. The Morgan fingerprint density at radius 1 is 1.33 bits per heavy atom. The third-order valence-corrected chi connectivity index (χ3v) is 5.77. The molecule has 3 rings (SSSR count). The van der Waals surface area contributed by atoms with Crippen LogP contribution in [0.25, 0.3) is 0 Å². The monoisotopic (exact) mass is 398 g/mol. The van der Waals surface area contributed by atoms with Gasteiger partial charge in [0.05, 0.1) is 25.6 Å². The maximum Gasteiger partial charge on any atom is 0.318 e. The van der Waals surface area contributed by atoms with E-state index in [1.807, 2.05) is 6.07 Å². The van der Waals surface area contributed by atoms with E-state index in [4.69, 9.17) is 14.6 Å². The largest absolute Gasteiger partial charge is 0.493 e. The minimum atomic E-state index is -3.70. The predicted octanol–water partition coefficient (Wildman–Crippen LogP) is -0.191. The third-order valence-electron chi connectivity index (χ3n) is 4.55. The van der Waals surface area contributed by atoms with Crippen molar-refractivity contribution in [2.24, 2.45) is 0 Å². The molecule has 0 aliphatic carbocycles. The van der Waals surface area contributed by atoms with Crippen LogP contribution in [0.5, 0.6) is 5.75 Å². The molecule has 0 spiro atoms. The molecule has 1 fully saturated rings. The quantitative estimate of drug-likeness (QED) is 0.706. The Balaban J connectivity index is 1.68. The molecule has 1 saturated heterocycles. The molecule has 2 heterocycles. The molecular weight excluding hydrogens is 376 g/mol. The molecule has 1 atom stereocenters. The Morgan fingerprint density at radius 3 is 2.81 bits per heavy atom. The van der Waals surface area contributed by atoms with E-state index in [0.29, 0.717) is 18.7 Å². The Bertz CT molecular complexity index is 840. The summed E-state index contributed by atoms with van der Waals surface area (Å²) in [5.41, 5.74) is 1.54. The highest BCUT2D eigenvalue weighted by Gasteiger charge is 2.30. The van der Waals surface area contributed by atoms with E-state index in [-0.39, 0.29) is 25.6 Å². The van der Waals surface area contributed by atoms with Crippen molar-refractivity contribution in [3.05, 3.63) is 29.3 Å². The molecule has 27 heavy (non-hydrogen) atoms. The summed E-state index contributed by atoms with van der Waals surface area (Å²) in [5.74, 6) is -0.615. The number of carbonyl (C=O) groups excluding carboxylic acids is 1. The van der Waals surface area contributed by atoms with Crippen molar-refractivity contribution >= 4 is 21.9 Å². The summed E-state index contributed by atoms with van der Waals surface area (Å²) < 4.78 is 35.5. The van der Waals surface area contributed by atoms with E-state index >= 15 is 0 Å². The summed E-state index contributed by atoms with van der Waals surface area (Å²) in [7, 11) is -3.70. The van der Waals surface area contributed by atoms with E-state index < -0.39 is 28.6 Å². The Labute approximate surface area is 157 Å². The molecule has 0 saturated carbocycles. The van der Waals surface area contributed by atoms with E-state index in [9.17, 15) is 18.0 Å². The predicted molar refractivity (Wildman–Crippen MR) is 95.3 cm³/mol. The van der Waals surface area contributed by atoms with Gasteiger partial charge in [0.1, 0.15) is 12.3 Å². The molecule has 2 aliphatic heterocycles. The van der Waals surface area contributed by atoms with E-state index in [2.05, 4.69) is 0 Å². The van der Waals surface area contributed by atoms with Crippen LogP contribution in [0.2, 0.25) is 0 Å². The van der Waals surface area contributed by atoms with Crippen LogP contribution in [0, 0.1) is 0 Å². The zero-order valence-electron chi connectivity index (χ0n) is 15.0. The average molecular weight is 398 g/mol. The fourth-order valence-electron chi connectivity index (χ4n) is 3.21. The summed E-state index contributed by atoms with van der Waals surface area (Å²) in [6.45, 7) is 0.690. The lowest BCUT2D eigenvalue weighted by Crippen LogP contribution is -2.51. The van der Waals surface area contributed by atoms with Crippen molar-refractivity contribution in [1.29, 1.82) is 0 Å². The maximum absolute atomic E-state index is 12.8. The second-order valence-electron chi connectivity index (χ2n) is 6.61. The summed E-state index contributed by atoms with van der Waals surface area (Å²) >= 11 is 0. The molecule has 148 valence electrons. The standard InChI is InChI=1S/C17H22N2O7S/c1-27(23,24)19(11-16(20)21)10-14-9-18(5-7-25-14)17(22)13-2-3-15-12(8-13)4-6-26-15/h2-3,8,14H,4-7,9-11H2,1H3,(H,20,21). The number of ether oxygens (including phenoxy) is 2. The Kier molecular flexibility index (Phi) is 5.68. The number of nitrogens with zero attached hydrogens (tertiary/aromatic N) is 2. The van der Waals surface area contributed by atoms with Gasteiger partial charge in [0.15, 0.2) is 0 Å². The van der Waals surface area contributed by atoms with Crippen LogP contribution in [-0.2, 0) is 26.0 Å². The Morgan fingerprint density at radius 2 is 2.11 bits per heavy atom. The van der Waals surface area contributed by atoms with Gasteiger partial charge < -0.3 is 19.5 Å². The van der Waals surface area contributed by atoms with Gasteiger partial charge in [-0.05, 0) is 23.8 Å². The smallest absolute Gasteiger partial charge is 0.318 e. The van der Waals surface area contributed by atoms with Crippen LogP contribution in [0.15, 0.2) is 18.2 Å². The minimum absolute atomic E-state index is 0.118. The number of carboxylic acid groups (broad SMARTS) is 1. The van der Waals surface area contributed by atoms with Crippen LogP contribution >= 0.6 is 0 Å². The summed E-state index contributed by atoms with van der Waals surface area (Å²) in [6.07, 6.45) is 1.13. The van der Waals surface area contributed by atoms with Crippen molar-refractivity contribution in [1.82, 2.24) is 9.21 Å². The van der Waals surface area contributed by atoms with Gasteiger partial charge >= 0.3 is 5.97 Å². The first-order chi connectivity index (χ1) is 12.7. The van der Waals surface area contributed by atoms with Crippen molar-refractivity contribution in [3.63, 3.8) is 0 Å². The number of carbonyl (C=O) groups is 2. The lowest BCUT2D eigenvalue weighted by atomic mass is 10.1. The van der Waals surface area contributed by atoms with Gasteiger partial charge in [0.25, 0.3) is 5.91 Å². The van der Waals surface area contributed by atoms with Crippen LogP contribution in [0.1, 0.15) is 15.9 Å². The van der Waals surface area contributed by atoms with Crippen molar-refractivity contribution in [2.45, 2.75) is 12.5 Å². The van der Waals surface area contributed by atoms with E-state index in [0.717, 1.165) is 28.3 Å². The van der Waals surface area contributed by atoms with Crippen molar-refractivity contribution in [3.8, 4) is 5.75 Å². The zero-order valence-corrected chi connectivity index (χ0v) is 15.8. The number of hydrogen-bond acceptors (Lipinski definition) is 6. The molecule has 1 amide bonds. The highest BCUT2D eigenvalue weighted by molar-refractivity contribution is 7.88. The van der Waals surface area contributed by atoms with Crippen LogP contribution < -0.4 is 4.74 Å².